The van der Waals surface area contributed by atoms with Crippen LogP contribution in [0.5, 0.6) is 11.5 Å². The molecule has 0 N–H and O–H groups in total. The number of carbonyl (C=O) groups excluding carboxylic acids is 1. The SMILES string of the molecule is CCC(=O)c1c(C)oc2cc(Sc3ncnc4cc(OC)c(OC)cc34)ccc12. The number of furan rings is 1. The number of carbonyl (C=O) groups is 1. The van der Waals surface area contributed by atoms with Crippen LogP contribution >= 0.6 is 11.8 Å². The fourth-order valence-corrected chi connectivity index (χ4v) is 4.24. The van der Waals surface area contributed by atoms with Gasteiger partial charge in [-0.2, -0.15) is 0 Å². The van der Waals surface area contributed by atoms with Crippen molar-refractivity contribution in [2.75, 3.05) is 14.2 Å². The fraction of sp³-hybridized carbons (Fsp3) is 0.227. The van der Waals surface area contributed by atoms with Gasteiger partial charge in [-0.25, -0.2) is 9.97 Å². The highest BCUT2D eigenvalue weighted by atomic mass is 32.2. The van der Waals surface area contributed by atoms with Crippen LogP contribution in [0.4, 0.5) is 0 Å². The third kappa shape index (κ3) is 3.42. The van der Waals surface area contributed by atoms with Gasteiger partial charge in [-0.15, -0.1) is 0 Å². The fourth-order valence-electron chi connectivity index (χ4n) is 3.34. The van der Waals surface area contributed by atoms with Gasteiger partial charge >= 0.3 is 0 Å². The third-order valence-corrected chi connectivity index (χ3v) is 5.76. The molecule has 29 heavy (non-hydrogen) atoms. The second-order valence-corrected chi connectivity index (χ2v) is 7.54. The lowest BCUT2D eigenvalue weighted by Crippen LogP contribution is -1.96. The zero-order chi connectivity index (χ0) is 20.5. The van der Waals surface area contributed by atoms with E-state index < -0.39 is 0 Å². The van der Waals surface area contributed by atoms with Crippen LogP contribution in [-0.4, -0.2) is 30.0 Å². The van der Waals surface area contributed by atoms with Gasteiger partial charge < -0.3 is 13.9 Å². The summed E-state index contributed by atoms with van der Waals surface area (Å²) in [6, 6.07) is 9.56. The molecular formula is C22H20N2O4S. The van der Waals surface area contributed by atoms with Gasteiger partial charge in [-0.1, -0.05) is 18.7 Å². The molecule has 4 aromatic rings. The number of ketones is 1. The number of Topliss-reactive ketones (excluding diaryl/α,β-unsaturated/α-hetero) is 1. The summed E-state index contributed by atoms with van der Waals surface area (Å²) in [5.41, 5.74) is 2.14. The van der Waals surface area contributed by atoms with Crippen molar-refractivity contribution in [1.82, 2.24) is 9.97 Å². The van der Waals surface area contributed by atoms with Crippen molar-refractivity contribution in [3.05, 3.63) is 48.0 Å². The molecule has 0 spiro atoms. The van der Waals surface area contributed by atoms with Crippen LogP contribution in [0, 0.1) is 6.92 Å². The number of ether oxygens (including phenoxy) is 2. The Labute approximate surface area is 172 Å². The predicted molar refractivity (Wildman–Crippen MR) is 112 cm³/mol. The van der Waals surface area contributed by atoms with E-state index in [2.05, 4.69) is 9.97 Å². The Hall–Kier alpha value is -3.06. The molecule has 0 bridgehead atoms. The first kappa shape index (κ1) is 19.3. The number of nitrogens with zero attached hydrogens (tertiary/aromatic N) is 2. The molecular weight excluding hydrogens is 388 g/mol. The zero-order valence-corrected chi connectivity index (χ0v) is 17.4. The van der Waals surface area contributed by atoms with Gasteiger partial charge in [0.2, 0.25) is 0 Å². The summed E-state index contributed by atoms with van der Waals surface area (Å²) in [6.45, 7) is 3.68. The number of rotatable bonds is 6. The summed E-state index contributed by atoms with van der Waals surface area (Å²) >= 11 is 1.50. The van der Waals surface area contributed by atoms with E-state index in [1.807, 2.05) is 44.2 Å². The Morgan fingerprint density at radius 1 is 1.07 bits per heavy atom. The van der Waals surface area contributed by atoms with E-state index >= 15 is 0 Å². The Morgan fingerprint density at radius 3 is 2.55 bits per heavy atom. The zero-order valence-electron chi connectivity index (χ0n) is 16.6. The minimum absolute atomic E-state index is 0.0875. The molecule has 148 valence electrons. The first-order valence-electron chi connectivity index (χ1n) is 9.16. The summed E-state index contributed by atoms with van der Waals surface area (Å²) < 4.78 is 16.6. The maximum atomic E-state index is 12.2. The molecule has 4 rings (SSSR count). The normalized spacial score (nSPS) is 11.2. The van der Waals surface area contributed by atoms with Gasteiger partial charge in [0.05, 0.1) is 25.3 Å². The van der Waals surface area contributed by atoms with E-state index in [1.165, 1.54) is 18.1 Å². The summed E-state index contributed by atoms with van der Waals surface area (Å²) in [5, 5.41) is 2.51. The van der Waals surface area contributed by atoms with Gasteiger partial charge in [-0.3, -0.25) is 4.79 Å². The monoisotopic (exact) mass is 408 g/mol. The average molecular weight is 408 g/mol. The molecule has 0 unspecified atom stereocenters. The number of methoxy groups -OCH3 is 2. The molecule has 2 heterocycles. The predicted octanol–water partition coefficient (Wildman–Crippen LogP) is 5.45. The lowest BCUT2D eigenvalue weighted by Gasteiger charge is -2.10. The lowest BCUT2D eigenvalue weighted by atomic mass is 10.1. The van der Waals surface area contributed by atoms with Crippen molar-refractivity contribution < 1.29 is 18.7 Å². The molecule has 0 saturated carbocycles. The average Bonchev–Trinajstić information content (AvgIpc) is 3.07. The first-order chi connectivity index (χ1) is 14.0. The van der Waals surface area contributed by atoms with Gasteiger partial charge in [-0.05, 0) is 31.2 Å². The number of fused-ring (bicyclic) bond motifs is 2. The van der Waals surface area contributed by atoms with Crippen molar-refractivity contribution in [2.45, 2.75) is 30.2 Å². The molecule has 0 aliphatic heterocycles. The first-order valence-corrected chi connectivity index (χ1v) is 9.98. The second-order valence-electron chi connectivity index (χ2n) is 6.47. The largest absolute Gasteiger partial charge is 0.493 e. The van der Waals surface area contributed by atoms with E-state index in [1.54, 1.807) is 14.2 Å². The minimum Gasteiger partial charge on any atom is -0.493 e. The molecule has 0 saturated heterocycles. The molecule has 2 aromatic carbocycles. The molecule has 0 atom stereocenters. The highest BCUT2D eigenvalue weighted by Gasteiger charge is 2.18. The van der Waals surface area contributed by atoms with Crippen LogP contribution < -0.4 is 9.47 Å². The topological polar surface area (TPSA) is 74.5 Å². The molecule has 6 nitrogen and oxygen atoms in total. The Balaban J connectivity index is 1.77. The summed E-state index contributed by atoms with van der Waals surface area (Å²) in [7, 11) is 3.20. The van der Waals surface area contributed by atoms with Crippen LogP contribution in [0.25, 0.3) is 21.9 Å². The Kier molecular flexibility index (Phi) is 5.15. The van der Waals surface area contributed by atoms with Gasteiger partial charge in [0.25, 0.3) is 0 Å². The van der Waals surface area contributed by atoms with E-state index in [9.17, 15) is 4.79 Å². The molecule has 0 aliphatic carbocycles. The minimum atomic E-state index is 0.0875. The molecule has 0 fully saturated rings. The van der Waals surface area contributed by atoms with Crippen molar-refractivity contribution in [3.8, 4) is 11.5 Å². The van der Waals surface area contributed by atoms with Crippen LogP contribution in [0.1, 0.15) is 29.5 Å². The van der Waals surface area contributed by atoms with Crippen LogP contribution in [0.15, 0.2) is 51.0 Å². The van der Waals surface area contributed by atoms with E-state index in [4.69, 9.17) is 13.9 Å². The van der Waals surface area contributed by atoms with Crippen LogP contribution in [-0.2, 0) is 0 Å². The van der Waals surface area contributed by atoms with Gasteiger partial charge in [0.15, 0.2) is 17.3 Å². The number of hydrogen-bond donors (Lipinski definition) is 0. The quantitative estimate of drug-likeness (QED) is 0.310. The van der Waals surface area contributed by atoms with Crippen LogP contribution in [0.3, 0.4) is 0 Å². The lowest BCUT2D eigenvalue weighted by molar-refractivity contribution is 0.0988. The van der Waals surface area contributed by atoms with E-state index in [-0.39, 0.29) is 5.78 Å². The van der Waals surface area contributed by atoms with Crippen molar-refractivity contribution in [3.63, 3.8) is 0 Å². The number of aromatic nitrogens is 2. The van der Waals surface area contributed by atoms with Crippen molar-refractivity contribution in [2.24, 2.45) is 0 Å². The number of aryl methyl sites for hydroxylation is 1. The number of hydrogen-bond acceptors (Lipinski definition) is 7. The highest BCUT2D eigenvalue weighted by molar-refractivity contribution is 7.99. The van der Waals surface area contributed by atoms with Gasteiger partial charge in [0, 0.05) is 28.2 Å². The third-order valence-electron chi connectivity index (χ3n) is 4.76. The summed E-state index contributed by atoms with van der Waals surface area (Å²) in [6.07, 6.45) is 1.98. The number of benzene rings is 2. The molecule has 0 amide bonds. The highest BCUT2D eigenvalue weighted by Crippen LogP contribution is 2.38. The molecule has 2 aromatic heterocycles. The summed E-state index contributed by atoms with van der Waals surface area (Å²) in [4.78, 5) is 22.0. The molecule has 0 radical (unpaired) electrons. The smallest absolute Gasteiger partial charge is 0.166 e. The van der Waals surface area contributed by atoms with E-state index in [0.29, 0.717) is 34.8 Å². The Bertz CT molecular complexity index is 1230. The second kappa shape index (κ2) is 7.75. The summed E-state index contributed by atoms with van der Waals surface area (Å²) in [5.74, 6) is 1.98. The standard InChI is InChI=1S/C22H20N2O4S/c1-5-17(25)21-12(2)28-18-8-13(6-7-14(18)21)29-22-15-9-19(26-3)20(27-4)10-16(15)23-11-24-22/h6-11H,5H2,1-4H3. The molecule has 7 heteroatoms. The van der Waals surface area contributed by atoms with Crippen molar-refractivity contribution >= 4 is 39.4 Å². The Morgan fingerprint density at radius 2 is 1.83 bits per heavy atom. The maximum Gasteiger partial charge on any atom is 0.166 e. The molecule has 0 aliphatic rings. The maximum absolute atomic E-state index is 12.2. The van der Waals surface area contributed by atoms with E-state index in [0.717, 1.165) is 26.2 Å². The van der Waals surface area contributed by atoms with Gasteiger partial charge in [0.1, 0.15) is 22.7 Å². The van der Waals surface area contributed by atoms with Crippen molar-refractivity contribution in [1.29, 1.82) is 0 Å². The van der Waals surface area contributed by atoms with Crippen LogP contribution in [0.2, 0.25) is 0 Å².